The summed E-state index contributed by atoms with van der Waals surface area (Å²) in [6.45, 7) is 4.30. The van der Waals surface area contributed by atoms with E-state index in [2.05, 4.69) is 10.4 Å². The van der Waals surface area contributed by atoms with E-state index in [1.807, 2.05) is 38.1 Å². The molecule has 1 aromatic carbocycles. The van der Waals surface area contributed by atoms with Crippen molar-refractivity contribution in [1.29, 1.82) is 0 Å². The van der Waals surface area contributed by atoms with Crippen molar-refractivity contribution in [1.82, 2.24) is 9.78 Å². The number of halogens is 1. The van der Waals surface area contributed by atoms with Crippen molar-refractivity contribution in [2.24, 2.45) is 7.05 Å². The summed E-state index contributed by atoms with van der Waals surface area (Å²) in [5.41, 5.74) is 1.85. The summed E-state index contributed by atoms with van der Waals surface area (Å²) >= 11 is 5.96. The number of ether oxygens (including phenoxy) is 1. The minimum absolute atomic E-state index is 0.0427. The fourth-order valence-corrected chi connectivity index (χ4v) is 2.18. The van der Waals surface area contributed by atoms with Gasteiger partial charge in [0, 0.05) is 24.6 Å². The summed E-state index contributed by atoms with van der Waals surface area (Å²) in [6, 6.07) is 7.36. The van der Waals surface area contributed by atoms with E-state index in [-0.39, 0.29) is 5.91 Å². The SMILES string of the molecule is Cc1cc(NC(=O)CCCOc2ccc(Cl)c(C)c2)n(C)n1. The van der Waals surface area contributed by atoms with Crippen LogP contribution in [0.5, 0.6) is 5.75 Å². The molecule has 6 heteroatoms. The van der Waals surface area contributed by atoms with Crippen molar-refractivity contribution in [3.05, 3.63) is 40.5 Å². The molecule has 0 aliphatic carbocycles. The number of aromatic nitrogens is 2. The Bertz CT molecular complexity index is 667. The molecule has 0 aliphatic heterocycles. The van der Waals surface area contributed by atoms with E-state index >= 15 is 0 Å². The van der Waals surface area contributed by atoms with Gasteiger partial charge >= 0.3 is 0 Å². The van der Waals surface area contributed by atoms with Gasteiger partial charge in [-0.15, -0.1) is 0 Å². The molecule has 0 saturated heterocycles. The third-order valence-corrected chi connectivity index (χ3v) is 3.64. The van der Waals surface area contributed by atoms with Gasteiger partial charge in [-0.1, -0.05) is 11.6 Å². The molecule has 0 fully saturated rings. The van der Waals surface area contributed by atoms with E-state index in [4.69, 9.17) is 16.3 Å². The average molecular weight is 322 g/mol. The Labute approximate surface area is 135 Å². The molecule has 5 nitrogen and oxygen atoms in total. The number of amides is 1. The van der Waals surface area contributed by atoms with E-state index in [0.29, 0.717) is 25.3 Å². The number of benzene rings is 1. The van der Waals surface area contributed by atoms with Gasteiger partial charge in [0.2, 0.25) is 5.91 Å². The van der Waals surface area contributed by atoms with Crippen molar-refractivity contribution >= 4 is 23.3 Å². The smallest absolute Gasteiger partial charge is 0.225 e. The highest BCUT2D eigenvalue weighted by atomic mass is 35.5. The van der Waals surface area contributed by atoms with Crippen LogP contribution in [0.4, 0.5) is 5.82 Å². The zero-order valence-corrected chi connectivity index (χ0v) is 13.8. The second kappa shape index (κ2) is 7.31. The van der Waals surface area contributed by atoms with Crippen LogP contribution in [0, 0.1) is 13.8 Å². The maximum absolute atomic E-state index is 11.9. The summed E-state index contributed by atoms with van der Waals surface area (Å²) in [7, 11) is 1.80. The van der Waals surface area contributed by atoms with Crippen molar-refractivity contribution in [2.45, 2.75) is 26.7 Å². The molecule has 0 unspecified atom stereocenters. The van der Waals surface area contributed by atoms with Gasteiger partial charge < -0.3 is 10.1 Å². The third-order valence-electron chi connectivity index (χ3n) is 3.22. The van der Waals surface area contributed by atoms with Gasteiger partial charge in [-0.2, -0.15) is 5.10 Å². The number of carbonyl (C=O) groups excluding carboxylic acids is 1. The zero-order chi connectivity index (χ0) is 16.1. The lowest BCUT2D eigenvalue weighted by molar-refractivity contribution is -0.116. The zero-order valence-electron chi connectivity index (χ0n) is 13.0. The summed E-state index contributed by atoms with van der Waals surface area (Å²) in [6.07, 6.45) is 1.04. The highest BCUT2D eigenvalue weighted by Crippen LogP contribution is 2.21. The van der Waals surface area contributed by atoms with Gasteiger partial charge in [0.25, 0.3) is 0 Å². The highest BCUT2D eigenvalue weighted by molar-refractivity contribution is 6.31. The largest absolute Gasteiger partial charge is 0.494 e. The van der Waals surface area contributed by atoms with Crippen molar-refractivity contribution in [2.75, 3.05) is 11.9 Å². The molecule has 0 spiro atoms. The molecule has 22 heavy (non-hydrogen) atoms. The Morgan fingerprint density at radius 1 is 1.36 bits per heavy atom. The molecule has 1 N–H and O–H groups in total. The van der Waals surface area contributed by atoms with Crippen molar-refractivity contribution in [3.8, 4) is 5.75 Å². The monoisotopic (exact) mass is 321 g/mol. The Balaban J connectivity index is 1.73. The molecule has 0 aliphatic rings. The number of hydrogen-bond donors (Lipinski definition) is 1. The van der Waals surface area contributed by atoms with Gasteiger partial charge in [0.05, 0.1) is 12.3 Å². The molecule has 1 amide bonds. The van der Waals surface area contributed by atoms with E-state index in [0.717, 1.165) is 22.0 Å². The van der Waals surface area contributed by atoms with Gasteiger partial charge in [-0.3, -0.25) is 9.48 Å². The predicted octanol–water partition coefficient (Wildman–Crippen LogP) is 3.49. The molecule has 0 radical (unpaired) electrons. The number of nitrogens with zero attached hydrogens (tertiary/aromatic N) is 2. The van der Waals surface area contributed by atoms with Crippen LogP contribution < -0.4 is 10.1 Å². The van der Waals surface area contributed by atoms with E-state index in [1.165, 1.54) is 0 Å². The lowest BCUT2D eigenvalue weighted by Crippen LogP contribution is -2.15. The summed E-state index contributed by atoms with van der Waals surface area (Å²) < 4.78 is 7.27. The molecule has 0 atom stereocenters. The first-order valence-corrected chi connectivity index (χ1v) is 7.53. The van der Waals surface area contributed by atoms with Crippen LogP contribution in [0.2, 0.25) is 5.02 Å². The standard InChI is InChI=1S/C16H20ClN3O2/c1-11-9-13(6-7-14(11)17)22-8-4-5-16(21)18-15-10-12(2)19-20(15)3/h6-7,9-10H,4-5,8H2,1-3H3,(H,18,21). The quantitative estimate of drug-likeness (QED) is 0.829. The fraction of sp³-hybridized carbons (Fsp3) is 0.375. The highest BCUT2D eigenvalue weighted by Gasteiger charge is 2.07. The second-order valence-corrected chi connectivity index (χ2v) is 5.61. The number of hydrogen-bond acceptors (Lipinski definition) is 3. The normalized spacial score (nSPS) is 10.5. The number of nitrogens with one attached hydrogen (secondary N) is 1. The van der Waals surface area contributed by atoms with E-state index in [1.54, 1.807) is 11.7 Å². The van der Waals surface area contributed by atoms with Crippen LogP contribution in [0.3, 0.4) is 0 Å². The van der Waals surface area contributed by atoms with Gasteiger partial charge in [0.1, 0.15) is 11.6 Å². The number of anilines is 1. The van der Waals surface area contributed by atoms with Gasteiger partial charge in [-0.05, 0) is 44.0 Å². The van der Waals surface area contributed by atoms with Crippen LogP contribution >= 0.6 is 11.6 Å². The minimum atomic E-state index is -0.0427. The Morgan fingerprint density at radius 2 is 2.14 bits per heavy atom. The molecule has 118 valence electrons. The predicted molar refractivity (Wildman–Crippen MR) is 87.5 cm³/mol. The van der Waals surface area contributed by atoms with E-state index in [9.17, 15) is 4.79 Å². The minimum Gasteiger partial charge on any atom is -0.494 e. The van der Waals surface area contributed by atoms with E-state index < -0.39 is 0 Å². The lowest BCUT2D eigenvalue weighted by Gasteiger charge is -2.08. The molecule has 2 aromatic rings. The summed E-state index contributed by atoms with van der Waals surface area (Å²) in [5.74, 6) is 1.43. The molecule has 2 rings (SSSR count). The maximum atomic E-state index is 11.9. The van der Waals surface area contributed by atoms with Crippen molar-refractivity contribution < 1.29 is 9.53 Å². The third kappa shape index (κ3) is 4.49. The summed E-state index contributed by atoms with van der Waals surface area (Å²) in [4.78, 5) is 11.9. The van der Waals surface area contributed by atoms with Crippen molar-refractivity contribution in [3.63, 3.8) is 0 Å². The maximum Gasteiger partial charge on any atom is 0.225 e. The van der Waals surface area contributed by atoms with Gasteiger partial charge in [0.15, 0.2) is 0 Å². The summed E-state index contributed by atoms with van der Waals surface area (Å²) in [5, 5.41) is 7.74. The van der Waals surface area contributed by atoms with Crippen LogP contribution in [0.25, 0.3) is 0 Å². The van der Waals surface area contributed by atoms with Crippen LogP contribution in [-0.2, 0) is 11.8 Å². The van der Waals surface area contributed by atoms with Crippen LogP contribution in [0.1, 0.15) is 24.1 Å². The molecular weight excluding hydrogens is 302 g/mol. The number of aryl methyl sites for hydroxylation is 3. The molecule has 0 bridgehead atoms. The number of rotatable bonds is 6. The van der Waals surface area contributed by atoms with Crippen LogP contribution in [-0.4, -0.2) is 22.3 Å². The van der Waals surface area contributed by atoms with Crippen LogP contribution in [0.15, 0.2) is 24.3 Å². The topological polar surface area (TPSA) is 56.1 Å². The Kier molecular flexibility index (Phi) is 5.44. The van der Waals surface area contributed by atoms with Gasteiger partial charge in [-0.25, -0.2) is 0 Å². The number of carbonyl (C=O) groups is 1. The molecule has 1 aromatic heterocycles. The Morgan fingerprint density at radius 3 is 2.77 bits per heavy atom. The first-order chi connectivity index (χ1) is 10.5. The fourth-order valence-electron chi connectivity index (χ4n) is 2.06. The molecule has 1 heterocycles. The second-order valence-electron chi connectivity index (χ2n) is 5.21. The first kappa shape index (κ1) is 16.4. The molecular formula is C16H20ClN3O2. The average Bonchev–Trinajstić information content (AvgIpc) is 2.77. The molecule has 0 saturated carbocycles. The Hall–Kier alpha value is -2.01. The first-order valence-electron chi connectivity index (χ1n) is 7.15. The lowest BCUT2D eigenvalue weighted by atomic mass is 10.2.